The SMILES string of the molecule is Cc1c(-c2ccncc2F)n[nH]c1NC(=O)CCc1ccc(Cl)c(F)c1. The van der Waals surface area contributed by atoms with Crippen molar-refractivity contribution in [3.8, 4) is 11.3 Å². The molecular weight excluding hydrogens is 362 g/mol. The van der Waals surface area contributed by atoms with Crippen molar-refractivity contribution in [1.82, 2.24) is 15.2 Å². The van der Waals surface area contributed by atoms with Crippen molar-refractivity contribution in [3.05, 3.63) is 64.4 Å². The van der Waals surface area contributed by atoms with Crippen molar-refractivity contribution < 1.29 is 13.6 Å². The summed E-state index contributed by atoms with van der Waals surface area (Å²) in [5.74, 6) is -0.889. The minimum absolute atomic E-state index is 0.0437. The lowest BCUT2D eigenvalue weighted by Gasteiger charge is -2.05. The molecule has 26 heavy (non-hydrogen) atoms. The molecule has 0 aliphatic rings. The van der Waals surface area contributed by atoms with Crippen LogP contribution in [0.4, 0.5) is 14.6 Å². The molecule has 134 valence electrons. The van der Waals surface area contributed by atoms with Gasteiger partial charge in [-0.25, -0.2) is 8.78 Å². The van der Waals surface area contributed by atoms with Crippen LogP contribution in [0, 0.1) is 18.6 Å². The van der Waals surface area contributed by atoms with E-state index in [-0.39, 0.29) is 17.4 Å². The number of amides is 1. The number of aromatic amines is 1. The summed E-state index contributed by atoms with van der Waals surface area (Å²) >= 11 is 5.64. The monoisotopic (exact) mass is 376 g/mol. The van der Waals surface area contributed by atoms with E-state index in [1.165, 1.54) is 24.4 Å². The smallest absolute Gasteiger partial charge is 0.225 e. The number of halogens is 3. The van der Waals surface area contributed by atoms with Crippen LogP contribution in [-0.4, -0.2) is 21.1 Å². The van der Waals surface area contributed by atoms with Gasteiger partial charge in [0.25, 0.3) is 0 Å². The summed E-state index contributed by atoms with van der Waals surface area (Å²) in [7, 11) is 0. The Morgan fingerprint density at radius 2 is 2.08 bits per heavy atom. The predicted octanol–water partition coefficient (Wildman–Crippen LogP) is 4.28. The van der Waals surface area contributed by atoms with Gasteiger partial charge in [-0.3, -0.25) is 14.9 Å². The molecule has 0 atom stereocenters. The summed E-state index contributed by atoms with van der Waals surface area (Å²) in [6.45, 7) is 1.73. The van der Waals surface area contributed by atoms with E-state index in [4.69, 9.17) is 11.6 Å². The van der Waals surface area contributed by atoms with Crippen LogP contribution in [0.5, 0.6) is 0 Å². The first kappa shape index (κ1) is 18.0. The van der Waals surface area contributed by atoms with Gasteiger partial charge in [0.15, 0.2) is 5.82 Å². The molecule has 2 N–H and O–H groups in total. The Kier molecular flexibility index (Phi) is 5.27. The first-order chi connectivity index (χ1) is 12.5. The number of H-pyrrole nitrogens is 1. The summed E-state index contributed by atoms with van der Waals surface area (Å²) in [5.41, 5.74) is 1.98. The quantitative estimate of drug-likeness (QED) is 0.698. The number of benzene rings is 1. The molecule has 0 spiro atoms. The van der Waals surface area contributed by atoms with Gasteiger partial charge in [-0.2, -0.15) is 5.10 Å². The third-order valence-electron chi connectivity index (χ3n) is 3.93. The van der Waals surface area contributed by atoms with Crippen LogP contribution in [-0.2, 0) is 11.2 Å². The standard InChI is InChI=1S/C18H15ClF2N4O/c1-10-17(12-6-7-22-9-15(12)21)24-25-18(10)23-16(26)5-3-11-2-4-13(19)14(20)8-11/h2,4,6-9H,3,5H2,1H3,(H2,23,24,25,26). The second-order valence-electron chi connectivity index (χ2n) is 5.72. The summed E-state index contributed by atoms with van der Waals surface area (Å²) in [5, 5.41) is 9.51. The molecule has 0 fully saturated rings. The van der Waals surface area contributed by atoms with Gasteiger partial charge in [0, 0.05) is 23.7 Å². The number of carbonyl (C=O) groups is 1. The molecule has 5 nitrogen and oxygen atoms in total. The number of nitrogens with zero attached hydrogens (tertiary/aromatic N) is 2. The van der Waals surface area contributed by atoms with Crippen LogP contribution in [0.2, 0.25) is 5.02 Å². The van der Waals surface area contributed by atoms with Crippen molar-refractivity contribution in [1.29, 1.82) is 0 Å². The molecule has 0 aliphatic heterocycles. The van der Waals surface area contributed by atoms with Crippen LogP contribution in [0.15, 0.2) is 36.7 Å². The van der Waals surface area contributed by atoms with Crippen molar-refractivity contribution in [2.45, 2.75) is 19.8 Å². The number of carbonyl (C=O) groups excluding carboxylic acids is 1. The number of aromatic nitrogens is 3. The minimum Gasteiger partial charge on any atom is -0.311 e. The Bertz CT molecular complexity index is 958. The molecule has 0 saturated heterocycles. The van der Waals surface area contributed by atoms with Crippen molar-refractivity contribution in [2.75, 3.05) is 5.32 Å². The van der Waals surface area contributed by atoms with Crippen molar-refractivity contribution in [3.63, 3.8) is 0 Å². The summed E-state index contributed by atoms with van der Waals surface area (Å²) in [6.07, 6.45) is 3.08. The molecule has 2 aromatic heterocycles. The predicted molar refractivity (Wildman–Crippen MR) is 94.9 cm³/mol. The van der Waals surface area contributed by atoms with Crippen LogP contribution in [0.25, 0.3) is 11.3 Å². The Morgan fingerprint density at radius 3 is 2.81 bits per heavy atom. The first-order valence-electron chi connectivity index (χ1n) is 7.84. The molecule has 0 unspecified atom stereocenters. The molecule has 0 bridgehead atoms. The molecule has 1 aromatic carbocycles. The van der Waals surface area contributed by atoms with E-state index in [1.54, 1.807) is 13.0 Å². The van der Waals surface area contributed by atoms with E-state index in [0.717, 1.165) is 6.20 Å². The maximum absolute atomic E-state index is 13.9. The molecular formula is C18H15ClF2N4O. The fourth-order valence-electron chi connectivity index (χ4n) is 2.50. The Morgan fingerprint density at radius 1 is 1.27 bits per heavy atom. The van der Waals surface area contributed by atoms with E-state index in [9.17, 15) is 13.6 Å². The molecule has 0 saturated carbocycles. The minimum atomic E-state index is -0.516. The van der Waals surface area contributed by atoms with Crippen LogP contribution < -0.4 is 5.32 Å². The van der Waals surface area contributed by atoms with E-state index >= 15 is 0 Å². The Hall–Kier alpha value is -2.80. The van der Waals surface area contributed by atoms with Gasteiger partial charge < -0.3 is 5.32 Å². The fraction of sp³-hybridized carbons (Fsp3) is 0.167. The first-order valence-corrected chi connectivity index (χ1v) is 8.22. The zero-order valence-electron chi connectivity index (χ0n) is 13.8. The maximum Gasteiger partial charge on any atom is 0.225 e. The van der Waals surface area contributed by atoms with Gasteiger partial charge in [-0.05, 0) is 37.1 Å². The largest absolute Gasteiger partial charge is 0.311 e. The number of hydrogen-bond donors (Lipinski definition) is 2. The summed E-state index contributed by atoms with van der Waals surface area (Å²) in [4.78, 5) is 15.8. The molecule has 8 heteroatoms. The van der Waals surface area contributed by atoms with Gasteiger partial charge in [0.2, 0.25) is 5.91 Å². The molecule has 0 radical (unpaired) electrons. The van der Waals surface area contributed by atoms with Gasteiger partial charge in [-0.1, -0.05) is 17.7 Å². The van der Waals surface area contributed by atoms with Crippen LogP contribution in [0.1, 0.15) is 17.5 Å². The molecule has 2 heterocycles. The zero-order chi connectivity index (χ0) is 18.7. The van der Waals surface area contributed by atoms with Gasteiger partial charge in [0.1, 0.15) is 17.3 Å². The number of rotatable bonds is 5. The normalized spacial score (nSPS) is 10.8. The third kappa shape index (κ3) is 3.88. The average molecular weight is 377 g/mol. The number of hydrogen-bond acceptors (Lipinski definition) is 3. The highest BCUT2D eigenvalue weighted by atomic mass is 35.5. The zero-order valence-corrected chi connectivity index (χ0v) is 14.6. The van der Waals surface area contributed by atoms with E-state index < -0.39 is 11.6 Å². The number of anilines is 1. The lowest BCUT2D eigenvalue weighted by Crippen LogP contribution is -2.13. The topological polar surface area (TPSA) is 70.7 Å². The van der Waals surface area contributed by atoms with Crippen molar-refractivity contribution in [2.24, 2.45) is 0 Å². The highest BCUT2D eigenvalue weighted by Crippen LogP contribution is 2.27. The lowest BCUT2D eigenvalue weighted by atomic mass is 10.1. The molecule has 0 aliphatic carbocycles. The highest BCUT2D eigenvalue weighted by molar-refractivity contribution is 6.30. The molecule has 1 amide bonds. The maximum atomic E-state index is 13.9. The summed E-state index contributed by atoms with van der Waals surface area (Å²) < 4.78 is 27.3. The van der Waals surface area contributed by atoms with Crippen LogP contribution in [0.3, 0.4) is 0 Å². The Labute approximate surface area is 153 Å². The lowest BCUT2D eigenvalue weighted by molar-refractivity contribution is -0.116. The van der Waals surface area contributed by atoms with Gasteiger partial charge in [0.05, 0.1) is 11.2 Å². The van der Waals surface area contributed by atoms with E-state index in [2.05, 4.69) is 20.5 Å². The number of pyridine rings is 1. The van der Waals surface area contributed by atoms with Crippen LogP contribution >= 0.6 is 11.6 Å². The van der Waals surface area contributed by atoms with E-state index in [1.807, 2.05) is 0 Å². The highest BCUT2D eigenvalue weighted by Gasteiger charge is 2.16. The van der Waals surface area contributed by atoms with Crippen molar-refractivity contribution >= 4 is 23.3 Å². The summed E-state index contributed by atoms with van der Waals surface area (Å²) in [6, 6.07) is 5.95. The van der Waals surface area contributed by atoms with E-state index in [0.29, 0.717) is 34.6 Å². The number of nitrogens with one attached hydrogen (secondary N) is 2. The van der Waals surface area contributed by atoms with Gasteiger partial charge >= 0.3 is 0 Å². The average Bonchev–Trinajstić information content (AvgIpc) is 2.97. The fourth-order valence-corrected chi connectivity index (χ4v) is 2.62. The van der Waals surface area contributed by atoms with Gasteiger partial charge in [-0.15, -0.1) is 0 Å². The number of aryl methyl sites for hydroxylation is 1. The second-order valence-corrected chi connectivity index (χ2v) is 6.13. The third-order valence-corrected chi connectivity index (χ3v) is 4.23. The Balaban J connectivity index is 1.66. The molecule has 3 aromatic rings. The molecule has 3 rings (SSSR count). The second kappa shape index (κ2) is 7.61.